The summed E-state index contributed by atoms with van der Waals surface area (Å²) in [7, 11) is 2.17. The number of nitrogens with zero attached hydrogens (tertiary/aromatic N) is 2. The Hall–Kier alpha value is -2.49. The number of amides is 1. The van der Waals surface area contributed by atoms with Crippen LogP contribution in [0.5, 0.6) is 0 Å². The molecule has 1 unspecified atom stereocenters. The van der Waals surface area contributed by atoms with E-state index in [-0.39, 0.29) is 23.0 Å². The summed E-state index contributed by atoms with van der Waals surface area (Å²) in [5.41, 5.74) is 2.38. The van der Waals surface area contributed by atoms with Gasteiger partial charge in [-0.05, 0) is 43.7 Å². The normalized spacial score (nSPS) is 15.6. The number of nitrogens with one attached hydrogen (secondary N) is 2. The van der Waals surface area contributed by atoms with Crippen molar-refractivity contribution < 1.29 is 14.5 Å². The summed E-state index contributed by atoms with van der Waals surface area (Å²) in [4.78, 5) is 45.2. The van der Waals surface area contributed by atoms with Crippen molar-refractivity contribution in [1.82, 2.24) is 9.55 Å². The molecular formula is C22H25N4O3S2+. The van der Waals surface area contributed by atoms with Gasteiger partial charge in [0.2, 0.25) is 5.91 Å². The van der Waals surface area contributed by atoms with Crippen LogP contribution in [-0.4, -0.2) is 40.6 Å². The number of rotatable bonds is 6. The van der Waals surface area contributed by atoms with Crippen LogP contribution in [0, 0.1) is 0 Å². The predicted octanol–water partition coefficient (Wildman–Crippen LogP) is 1.98. The van der Waals surface area contributed by atoms with E-state index in [0.29, 0.717) is 23.0 Å². The number of ketones is 1. The third-order valence-electron chi connectivity index (χ3n) is 5.45. The van der Waals surface area contributed by atoms with Crippen LogP contribution in [0.3, 0.4) is 0 Å². The molecule has 0 radical (unpaired) electrons. The fraction of sp³-hybridized carbons (Fsp3) is 0.364. The molecule has 7 nitrogen and oxygen atoms in total. The second kappa shape index (κ2) is 8.94. The third-order valence-corrected chi connectivity index (χ3v) is 7.55. The first-order chi connectivity index (χ1) is 14.9. The Bertz CT molecular complexity index is 1210. The molecule has 1 aromatic carbocycles. The molecule has 1 aliphatic rings. The average Bonchev–Trinajstić information content (AvgIpc) is 3.10. The first kappa shape index (κ1) is 21.7. The molecule has 0 fully saturated rings. The SMILES string of the molecule is CCn1c(SCC(=O)Nc2ccc(C(C)=O)cc2)nc2sc3c(c2c1=O)CC[NH+](C)C3. The number of fused-ring (bicyclic) bond motifs is 3. The summed E-state index contributed by atoms with van der Waals surface area (Å²) in [6.07, 6.45) is 0.902. The van der Waals surface area contributed by atoms with E-state index < -0.39 is 0 Å². The second-order valence-electron chi connectivity index (χ2n) is 7.73. The highest BCUT2D eigenvalue weighted by Crippen LogP contribution is 2.30. The number of quaternary nitrogens is 1. The monoisotopic (exact) mass is 457 g/mol. The highest BCUT2D eigenvalue weighted by molar-refractivity contribution is 7.99. The van der Waals surface area contributed by atoms with Crippen LogP contribution in [-0.2, 0) is 24.3 Å². The van der Waals surface area contributed by atoms with Crippen LogP contribution in [0.25, 0.3) is 10.2 Å². The van der Waals surface area contributed by atoms with Gasteiger partial charge in [0.25, 0.3) is 5.56 Å². The number of likely N-dealkylation sites (N-methyl/N-ethyl adjacent to an activating group) is 1. The molecule has 1 aliphatic heterocycles. The fourth-order valence-electron chi connectivity index (χ4n) is 3.78. The molecule has 0 saturated heterocycles. The van der Waals surface area contributed by atoms with Crippen LogP contribution in [0.2, 0.25) is 0 Å². The Morgan fingerprint density at radius 3 is 2.71 bits per heavy atom. The number of hydrogen-bond donors (Lipinski definition) is 2. The Balaban J connectivity index is 1.53. The van der Waals surface area contributed by atoms with Gasteiger partial charge in [-0.25, -0.2) is 4.98 Å². The molecule has 4 rings (SSSR count). The van der Waals surface area contributed by atoms with Gasteiger partial charge in [-0.15, -0.1) is 11.3 Å². The quantitative estimate of drug-likeness (QED) is 0.336. The first-order valence-electron chi connectivity index (χ1n) is 10.3. The number of hydrogen-bond acceptors (Lipinski definition) is 6. The van der Waals surface area contributed by atoms with E-state index in [1.54, 1.807) is 40.2 Å². The van der Waals surface area contributed by atoms with Crippen molar-refractivity contribution >= 4 is 50.7 Å². The van der Waals surface area contributed by atoms with E-state index in [9.17, 15) is 14.4 Å². The standard InChI is InChI=1S/C22H24N4O3S2/c1-4-26-21(29)19-16-9-10-25(3)11-17(16)31-20(19)24-22(26)30-12-18(28)23-15-7-5-14(6-8-15)13(2)27/h5-8H,4,9-12H2,1-3H3,(H,23,28)/p+1. The minimum atomic E-state index is -0.187. The topological polar surface area (TPSA) is 85.5 Å². The lowest BCUT2D eigenvalue weighted by molar-refractivity contribution is -0.895. The molecule has 3 heterocycles. The molecule has 1 atom stereocenters. The molecule has 0 spiro atoms. The lowest BCUT2D eigenvalue weighted by Gasteiger charge is -2.19. The van der Waals surface area contributed by atoms with E-state index in [2.05, 4.69) is 12.4 Å². The smallest absolute Gasteiger partial charge is 0.263 e. The van der Waals surface area contributed by atoms with E-state index in [0.717, 1.165) is 35.3 Å². The van der Waals surface area contributed by atoms with Crippen molar-refractivity contribution in [3.63, 3.8) is 0 Å². The van der Waals surface area contributed by atoms with Crippen molar-refractivity contribution in [3.05, 3.63) is 50.6 Å². The zero-order valence-electron chi connectivity index (χ0n) is 17.8. The van der Waals surface area contributed by atoms with Gasteiger partial charge in [0.05, 0.1) is 29.6 Å². The van der Waals surface area contributed by atoms with E-state index in [1.165, 1.54) is 28.5 Å². The molecule has 3 aromatic rings. The molecule has 9 heteroatoms. The van der Waals surface area contributed by atoms with Gasteiger partial charge >= 0.3 is 0 Å². The number of carbonyl (C=O) groups is 2. The number of Topliss-reactive ketones (excluding diaryl/α,β-unsaturated/α-hetero) is 1. The maximum Gasteiger partial charge on any atom is 0.263 e. The third kappa shape index (κ3) is 4.44. The Kier molecular flexibility index (Phi) is 6.27. The van der Waals surface area contributed by atoms with Crippen molar-refractivity contribution in [2.24, 2.45) is 0 Å². The van der Waals surface area contributed by atoms with Crippen LogP contribution in [0.1, 0.15) is 34.6 Å². The number of thioether (sulfide) groups is 1. The Morgan fingerprint density at radius 1 is 1.29 bits per heavy atom. The molecular weight excluding hydrogens is 432 g/mol. The van der Waals surface area contributed by atoms with Gasteiger partial charge in [0.1, 0.15) is 11.4 Å². The van der Waals surface area contributed by atoms with Gasteiger partial charge in [0, 0.05) is 24.2 Å². The average molecular weight is 458 g/mol. The Morgan fingerprint density at radius 2 is 2.03 bits per heavy atom. The van der Waals surface area contributed by atoms with Gasteiger partial charge in [0.15, 0.2) is 10.9 Å². The number of aromatic nitrogens is 2. The zero-order valence-corrected chi connectivity index (χ0v) is 19.4. The molecule has 1 amide bonds. The predicted molar refractivity (Wildman–Crippen MR) is 125 cm³/mol. The van der Waals surface area contributed by atoms with Crippen LogP contribution in [0.4, 0.5) is 5.69 Å². The number of benzene rings is 1. The van der Waals surface area contributed by atoms with E-state index in [4.69, 9.17) is 4.98 Å². The summed E-state index contributed by atoms with van der Waals surface area (Å²) in [5, 5.41) is 4.15. The molecule has 2 N–H and O–H groups in total. The van der Waals surface area contributed by atoms with Gasteiger partial charge < -0.3 is 10.2 Å². The largest absolute Gasteiger partial charge is 0.333 e. The summed E-state index contributed by atoms with van der Waals surface area (Å²) < 4.78 is 1.67. The minimum Gasteiger partial charge on any atom is -0.333 e. The second-order valence-corrected chi connectivity index (χ2v) is 9.76. The van der Waals surface area contributed by atoms with Crippen molar-refractivity contribution in [3.8, 4) is 0 Å². The van der Waals surface area contributed by atoms with E-state index >= 15 is 0 Å². The number of anilines is 1. The fourth-order valence-corrected chi connectivity index (χ4v) is 6.02. The van der Waals surface area contributed by atoms with Gasteiger partial charge in [-0.1, -0.05) is 11.8 Å². The number of thiophene rings is 1. The first-order valence-corrected chi connectivity index (χ1v) is 12.1. The molecule has 0 aliphatic carbocycles. The molecule has 31 heavy (non-hydrogen) atoms. The maximum atomic E-state index is 13.2. The van der Waals surface area contributed by atoms with Crippen molar-refractivity contribution in [2.75, 3.05) is 24.7 Å². The van der Waals surface area contributed by atoms with Crippen molar-refractivity contribution in [1.29, 1.82) is 0 Å². The highest BCUT2D eigenvalue weighted by atomic mass is 32.2. The summed E-state index contributed by atoms with van der Waals surface area (Å²) >= 11 is 2.87. The Labute approximate surface area is 188 Å². The van der Waals surface area contributed by atoms with E-state index in [1.807, 2.05) is 6.92 Å². The summed E-state index contributed by atoms with van der Waals surface area (Å²) in [5.74, 6) is -0.0614. The lowest BCUT2D eigenvalue weighted by atomic mass is 10.1. The van der Waals surface area contributed by atoms with Gasteiger partial charge in [-0.2, -0.15) is 0 Å². The lowest BCUT2D eigenvalue weighted by Crippen LogP contribution is -3.08. The summed E-state index contributed by atoms with van der Waals surface area (Å²) in [6, 6.07) is 6.79. The maximum absolute atomic E-state index is 13.2. The molecule has 2 aromatic heterocycles. The molecule has 0 saturated carbocycles. The minimum absolute atomic E-state index is 0.00715. The van der Waals surface area contributed by atoms with Crippen LogP contribution < -0.4 is 15.8 Å². The highest BCUT2D eigenvalue weighted by Gasteiger charge is 2.25. The van der Waals surface area contributed by atoms with Gasteiger partial charge in [-0.3, -0.25) is 19.0 Å². The van der Waals surface area contributed by atoms with Crippen molar-refractivity contribution in [2.45, 2.75) is 38.5 Å². The number of carbonyl (C=O) groups excluding carboxylic acids is 2. The van der Waals surface area contributed by atoms with Crippen LogP contribution in [0.15, 0.2) is 34.2 Å². The van der Waals surface area contributed by atoms with Crippen LogP contribution >= 0.6 is 23.1 Å². The zero-order chi connectivity index (χ0) is 22.1. The molecule has 162 valence electrons. The summed E-state index contributed by atoms with van der Waals surface area (Å²) in [6.45, 7) is 5.88. The molecule has 0 bridgehead atoms.